The Morgan fingerprint density at radius 1 is 0.607 bits per heavy atom. The van der Waals surface area contributed by atoms with Crippen molar-refractivity contribution in [3.63, 3.8) is 0 Å². The van der Waals surface area contributed by atoms with Gasteiger partial charge in [0, 0.05) is 13.7 Å². The molecule has 0 aliphatic heterocycles. The summed E-state index contributed by atoms with van der Waals surface area (Å²) in [5.41, 5.74) is 1.27. The molecule has 0 N–H and O–H groups in total. The topological polar surface area (TPSA) is 36.9 Å². The maximum Gasteiger partial charge on any atom is 0.864 e. The first-order valence-electron chi connectivity index (χ1n) is 9.51. The van der Waals surface area contributed by atoms with Gasteiger partial charge in [0.2, 0.25) is 0 Å². The van der Waals surface area contributed by atoms with E-state index in [0.29, 0.717) is 17.2 Å². The van der Waals surface area contributed by atoms with Crippen molar-refractivity contribution < 1.29 is 18.7 Å². The van der Waals surface area contributed by atoms with E-state index >= 15 is 0 Å². The molecule has 4 nitrogen and oxygen atoms in total. The second kappa shape index (κ2) is 11.0. The summed E-state index contributed by atoms with van der Waals surface area (Å²) in [5.74, 6) is 2.05. The Morgan fingerprint density at radius 3 is 1.61 bits per heavy atom. The zero-order valence-electron chi connectivity index (χ0n) is 16.1. The van der Waals surface area contributed by atoms with Crippen LogP contribution < -0.4 is 14.0 Å². The fraction of sp³-hybridized carbons (Fsp3) is 0.217. The summed E-state index contributed by atoms with van der Waals surface area (Å²) in [6.07, 6.45) is 3.19. The van der Waals surface area contributed by atoms with Gasteiger partial charge < -0.3 is 18.7 Å². The quantitative estimate of drug-likeness (QED) is 0.341. The molecule has 0 atom stereocenters. The van der Waals surface area contributed by atoms with E-state index in [2.05, 4.69) is 12.1 Å². The van der Waals surface area contributed by atoms with Gasteiger partial charge >= 0.3 is 7.32 Å². The molecule has 3 aromatic rings. The molecule has 0 aromatic heterocycles. The maximum atomic E-state index is 5.96. The standard InChI is InChI=1S/C23H25BO4/c1-25-19-9-8-10-20-15-17-23(18-16-20)28-24(26-21-11-4-2-5-12-21)27-22-13-6-3-7-14-22/h2-7,11-18H,8-10,19H2,1H3. The molecule has 0 aliphatic carbocycles. The van der Waals surface area contributed by atoms with E-state index in [4.69, 9.17) is 18.7 Å². The van der Waals surface area contributed by atoms with Gasteiger partial charge in [0.1, 0.15) is 17.2 Å². The molecular weight excluding hydrogens is 351 g/mol. The molecule has 0 fully saturated rings. The lowest BCUT2D eigenvalue weighted by molar-refractivity contribution is 0.193. The first-order valence-corrected chi connectivity index (χ1v) is 9.51. The summed E-state index contributed by atoms with van der Waals surface area (Å²) < 4.78 is 22.8. The SMILES string of the molecule is COCCCCc1ccc(OB(Oc2ccccc2)Oc2ccccc2)cc1. The summed E-state index contributed by atoms with van der Waals surface area (Å²) >= 11 is 0. The lowest BCUT2D eigenvalue weighted by Gasteiger charge is -2.16. The normalized spacial score (nSPS) is 10.3. The third kappa shape index (κ3) is 6.67. The van der Waals surface area contributed by atoms with Crippen LogP contribution in [0.4, 0.5) is 0 Å². The zero-order valence-corrected chi connectivity index (χ0v) is 16.1. The van der Waals surface area contributed by atoms with Crippen LogP contribution in [0, 0.1) is 0 Å². The number of rotatable bonds is 11. The number of methoxy groups -OCH3 is 1. The molecule has 0 bridgehead atoms. The molecule has 0 unspecified atom stereocenters. The van der Waals surface area contributed by atoms with Gasteiger partial charge in [-0.1, -0.05) is 48.5 Å². The van der Waals surface area contributed by atoms with Crippen molar-refractivity contribution in [2.24, 2.45) is 0 Å². The molecular formula is C23H25BO4. The van der Waals surface area contributed by atoms with Gasteiger partial charge in [-0.15, -0.1) is 0 Å². The molecule has 0 saturated carbocycles. The average molecular weight is 376 g/mol. The molecule has 0 spiro atoms. The van der Waals surface area contributed by atoms with E-state index < -0.39 is 7.32 Å². The van der Waals surface area contributed by atoms with Crippen molar-refractivity contribution in [2.75, 3.05) is 13.7 Å². The van der Waals surface area contributed by atoms with Crippen molar-refractivity contribution in [3.05, 3.63) is 90.5 Å². The van der Waals surface area contributed by atoms with Gasteiger partial charge in [0.05, 0.1) is 0 Å². The molecule has 0 amide bonds. The molecule has 0 aliphatic rings. The largest absolute Gasteiger partial charge is 0.864 e. The van der Waals surface area contributed by atoms with Crippen LogP contribution in [-0.4, -0.2) is 21.0 Å². The van der Waals surface area contributed by atoms with Gasteiger partial charge in [0.25, 0.3) is 0 Å². The summed E-state index contributed by atoms with van der Waals surface area (Å²) in [6, 6.07) is 27.0. The molecule has 0 radical (unpaired) electrons. The van der Waals surface area contributed by atoms with Gasteiger partial charge in [-0.05, 0) is 61.2 Å². The first-order chi connectivity index (χ1) is 13.8. The summed E-state index contributed by atoms with van der Waals surface area (Å²) in [5, 5.41) is 0. The Balaban J connectivity index is 1.63. The van der Waals surface area contributed by atoms with Crippen LogP contribution >= 0.6 is 0 Å². The van der Waals surface area contributed by atoms with Crippen molar-refractivity contribution in [1.82, 2.24) is 0 Å². The van der Waals surface area contributed by atoms with Gasteiger partial charge in [-0.25, -0.2) is 0 Å². The molecule has 3 aromatic carbocycles. The van der Waals surface area contributed by atoms with Crippen LogP contribution in [0.15, 0.2) is 84.9 Å². The predicted octanol–water partition coefficient (Wildman–Crippen LogP) is 5.18. The third-order valence-electron chi connectivity index (χ3n) is 4.17. The van der Waals surface area contributed by atoms with Crippen LogP contribution in [-0.2, 0) is 11.2 Å². The Labute approximate surface area is 167 Å². The van der Waals surface area contributed by atoms with Gasteiger partial charge in [0.15, 0.2) is 0 Å². The average Bonchev–Trinajstić information content (AvgIpc) is 2.74. The number of para-hydroxylation sites is 2. The lowest BCUT2D eigenvalue weighted by Crippen LogP contribution is -2.36. The van der Waals surface area contributed by atoms with Crippen LogP contribution in [0.25, 0.3) is 0 Å². The minimum atomic E-state index is -0.891. The van der Waals surface area contributed by atoms with E-state index in [9.17, 15) is 0 Å². The molecule has 28 heavy (non-hydrogen) atoms. The highest BCUT2D eigenvalue weighted by Gasteiger charge is 2.30. The van der Waals surface area contributed by atoms with E-state index in [1.807, 2.05) is 72.8 Å². The molecule has 144 valence electrons. The van der Waals surface area contributed by atoms with Crippen LogP contribution in [0.1, 0.15) is 18.4 Å². The molecule has 5 heteroatoms. The van der Waals surface area contributed by atoms with Crippen LogP contribution in [0.3, 0.4) is 0 Å². The van der Waals surface area contributed by atoms with Gasteiger partial charge in [-0.3, -0.25) is 0 Å². The van der Waals surface area contributed by atoms with E-state index in [-0.39, 0.29) is 0 Å². The minimum Gasteiger partial charge on any atom is -0.490 e. The second-order valence-corrected chi connectivity index (χ2v) is 6.36. The van der Waals surface area contributed by atoms with Crippen molar-refractivity contribution in [3.8, 4) is 17.2 Å². The van der Waals surface area contributed by atoms with Crippen LogP contribution in [0.2, 0.25) is 0 Å². The molecule has 3 rings (SSSR count). The van der Waals surface area contributed by atoms with E-state index in [1.165, 1.54) is 5.56 Å². The number of benzene rings is 3. The van der Waals surface area contributed by atoms with E-state index in [0.717, 1.165) is 25.9 Å². The summed E-state index contributed by atoms with van der Waals surface area (Å²) in [6.45, 7) is 0.802. The summed E-state index contributed by atoms with van der Waals surface area (Å²) in [4.78, 5) is 0. The fourth-order valence-electron chi connectivity index (χ4n) is 2.71. The smallest absolute Gasteiger partial charge is 0.490 e. The number of hydrogen-bond acceptors (Lipinski definition) is 4. The lowest BCUT2D eigenvalue weighted by atomic mass is 10.1. The Kier molecular flexibility index (Phi) is 7.83. The highest BCUT2D eigenvalue weighted by Crippen LogP contribution is 2.19. The molecule has 0 heterocycles. The Morgan fingerprint density at radius 2 is 1.11 bits per heavy atom. The summed E-state index contributed by atoms with van der Waals surface area (Å²) in [7, 11) is 0.842. The fourth-order valence-corrected chi connectivity index (χ4v) is 2.71. The second-order valence-electron chi connectivity index (χ2n) is 6.36. The van der Waals surface area contributed by atoms with E-state index in [1.54, 1.807) is 7.11 Å². The highest BCUT2D eigenvalue weighted by atomic mass is 16.7. The minimum absolute atomic E-state index is 0.679. The predicted molar refractivity (Wildman–Crippen MR) is 112 cm³/mol. The Hall–Kier alpha value is -2.92. The number of ether oxygens (including phenoxy) is 1. The number of aryl methyl sites for hydroxylation is 1. The van der Waals surface area contributed by atoms with Crippen molar-refractivity contribution >= 4 is 7.32 Å². The van der Waals surface area contributed by atoms with Crippen LogP contribution in [0.5, 0.6) is 17.2 Å². The third-order valence-corrected chi connectivity index (χ3v) is 4.17. The number of unbranched alkanes of at least 4 members (excludes halogenated alkanes) is 1. The maximum absolute atomic E-state index is 5.96. The number of hydrogen-bond donors (Lipinski definition) is 0. The molecule has 0 saturated heterocycles. The van der Waals surface area contributed by atoms with Gasteiger partial charge in [-0.2, -0.15) is 0 Å². The monoisotopic (exact) mass is 376 g/mol. The Bertz CT molecular complexity index is 752. The van der Waals surface area contributed by atoms with Crippen molar-refractivity contribution in [2.45, 2.75) is 19.3 Å². The zero-order chi connectivity index (χ0) is 19.4. The highest BCUT2D eigenvalue weighted by molar-refractivity contribution is 6.39. The first kappa shape index (κ1) is 19.8. The van der Waals surface area contributed by atoms with Crippen molar-refractivity contribution in [1.29, 1.82) is 0 Å².